The monoisotopic (exact) mass is 421 g/mol. The van der Waals surface area contributed by atoms with Crippen molar-refractivity contribution in [1.82, 2.24) is 4.90 Å². The third-order valence-electron chi connectivity index (χ3n) is 6.44. The van der Waals surface area contributed by atoms with Gasteiger partial charge in [-0.05, 0) is 74.3 Å². The van der Waals surface area contributed by atoms with Crippen molar-refractivity contribution in [3.8, 4) is 11.8 Å². The number of rotatable bonds is 2. The van der Waals surface area contributed by atoms with Gasteiger partial charge in [-0.25, -0.2) is 0 Å². The van der Waals surface area contributed by atoms with Crippen LogP contribution in [0.5, 0.6) is 0 Å². The summed E-state index contributed by atoms with van der Waals surface area (Å²) in [7, 11) is 0. The number of ether oxygens (including phenoxy) is 1. The van der Waals surface area contributed by atoms with Crippen molar-refractivity contribution in [3.63, 3.8) is 0 Å². The molecule has 1 fully saturated rings. The quantitative estimate of drug-likeness (QED) is 0.527. The number of likely N-dealkylation sites (tertiary alicyclic amines) is 1. The molecule has 0 saturated carbocycles. The zero-order valence-electron chi connectivity index (χ0n) is 19.2. The van der Waals surface area contributed by atoms with Gasteiger partial charge in [-0.1, -0.05) is 5.92 Å². The van der Waals surface area contributed by atoms with Crippen molar-refractivity contribution < 1.29 is 19.1 Å². The van der Waals surface area contributed by atoms with E-state index in [1.807, 2.05) is 30.9 Å². The zero-order valence-corrected chi connectivity index (χ0v) is 19.2. The first kappa shape index (κ1) is 22.8. The summed E-state index contributed by atoms with van der Waals surface area (Å²) in [6.07, 6.45) is 3.37. The van der Waals surface area contributed by atoms with Gasteiger partial charge in [0.15, 0.2) is 5.78 Å². The number of ketones is 1. The predicted octanol–water partition coefficient (Wildman–Crippen LogP) is 4.33. The number of nitrogens with zero attached hydrogens (tertiary/aromatic N) is 1. The van der Waals surface area contributed by atoms with Gasteiger partial charge in [-0.3, -0.25) is 14.4 Å². The van der Waals surface area contributed by atoms with Crippen molar-refractivity contribution in [3.05, 3.63) is 40.1 Å². The summed E-state index contributed by atoms with van der Waals surface area (Å²) < 4.78 is 5.67. The van der Waals surface area contributed by atoms with E-state index in [1.54, 1.807) is 13.8 Å². The standard InChI is InChI=1S/C26H31NO4/c1-6-8-21-13-17(2)24(18(3)14-21)25-22(30)15-26(16-23(25)31-20(5)29)9-7-11-27(12-10-26)19(4)28/h13-14H,7,9-12,15-16H2,1-5H3. The Balaban J connectivity index is 2.07. The fourth-order valence-corrected chi connectivity index (χ4v) is 5.11. The van der Waals surface area contributed by atoms with Crippen LogP contribution in [0, 0.1) is 31.1 Å². The number of carbonyl (C=O) groups is 3. The topological polar surface area (TPSA) is 63.7 Å². The van der Waals surface area contributed by atoms with Crippen LogP contribution in [0.1, 0.15) is 75.1 Å². The molecule has 1 aromatic rings. The Hall–Kier alpha value is -2.87. The summed E-state index contributed by atoms with van der Waals surface area (Å²) in [5.74, 6) is 6.12. The van der Waals surface area contributed by atoms with Gasteiger partial charge in [0.2, 0.25) is 5.91 Å². The average molecular weight is 422 g/mol. The number of allylic oxidation sites excluding steroid dienone is 2. The molecule has 1 aromatic carbocycles. The van der Waals surface area contributed by atoms with Crippen molar-refractivity contribution in [1.29, 1.82) is 0 Å². The Morgan fingerprint density at radius 2 is 1.74 bits per heavy atom. The van der Waals surface area contributed by atoms with E-state index in [-0.39, 0.29) is 17.1 Å². The molecular weight excluding hydrogens is 390 g/mol. The summed E-state index contributed by atoms with van der Waals surface area (Å²) in [5, 5.41) is 0. The van der Waals surface area contributed by atoms with Gasteiger partial charge in [0, 0.05) is 45.3 Å². The molecule has 1 aliphatic heterocycles. The lowest BCUT2D eigenvalue weighted by atomic mass is 9.67. The van der Waals surface area contributed by atoms with E-state index < -0.39 is 5.97 Å². The summed E-state index contributed by atoms with van der Waals surface area (Å²) in [6.45, 7) is 10.0. The molecule has 1 spiro atoms. The maximum Gasteiger partial charge on any atom is 0.307 e. The first-order valence-corrected chi connectivity index (χ1v) is 10.9. The number of amides is 1. The summed E-state index contributed by atoms with van der Waals surface area (Å²) in [5.41, 5.74) is 3.90. The highest BCUT2D eigenvalue weighted by Gasteiger charge is 2.43. The summed E-state index contributed by atoms with van der Waals surface area (Å²) >= 11 is 0. The molecule has 0 radical (unpaired) electrons. The minimum Gasteiger partial charge on any atom is -0.430 e. The van der Waals surface area contributed by atoms with E-state index in [1.165, 1.54) is 6.92 Å². The van der Waals surface area contributed by atoms with Crippen LogP contribution < -0.4 is 0 Å². The SMILES string of the molecule is CC#Cc1cc(C)c(C2=C(OC(C)=O)CC3(CCCN(C(C)=O)CC3)CC2=O)c(C)c1. The third-order valence-corrected chi connectivity index (χ3v) is 6.44. The van der Waals surface area contributed by atoms with Crippen LogP contribution in [0.4, 0.5) is 0 Å². The fraction of sp³-hybridized carbons (Fsp3) is 0.500. The second kappa shape index (κ2) is 9.09. The van der Waals surface area contributed by atoms with Crippen LogP contribution in [0.15, 0.2) is 17.9 Å². The van der Waals surface area contributed by atoms with E-state index >= 15 is 0 Å². The Kier molecular flexibility index (Phi) is 6.69. The lowest BCUT2D eigenvalue weighted by molar-refractivity contribution is -0.137. The number of hydrogen-bond acceptors (Lipinski definition) is 4. The smallest absolute Gasteiger partial charge is 0.307 e. The fourth-order valence-electron chi connectivity index (χ4n) is 5.11. The molecule has 31 heavy (non-hydrogen) atoms. The molecular formula is C26H31NO4. The molecule has 0 N–H and O–H groups in total. The number of benzene rings is 1. The van der Waals surface area contributed by atoms with Crippen LogP contribution >= 0.6 is 0 Å². The molecule has 0 aromatic heterocycles. The van der Waals surface area contributed by atoms with Crippen LogP contribution in [0.2, 0.25) is 0 Å². The van der Waals surface area contributed by atoms with Gasteiger partial charge in [0.25, 0.3) is 0 Å². The molecule has 5 heteroatoms. The highest BCUT2D eigenvalue weighted by Crippen LogP contribution is 2.48. The first-order valence-electron chi connectivity index (χ1n) is 10.9. The lowest BCUT2D eigenvalue weighted by Gasteiger charge is -2.37. The second-order valence-electron chi connectivity index (χ2n) is 8.89. The molecule has 164 valence electrons. The number of carbonyl (C=O) groups excluding carboxylic acids is 3. The number of Topliss-reactive ketones (excluding diaryl/α,β-unsaturated/α-hetero) is 1. The van der Waals surface area contributed by atoms with Gasteiger partial charge in [-0.2, -0.15) is 0 Å². The molecule has 1 unspecified atom stereocenters. The van der Waals surface area contributed by atoms with Crippen molar-refractivity contribution >= 4 is 23.2 Å². The van der Waals surface area contributed by atoms with Gasteiger partial charge < -0.3 is 9.64 Å². The zero-order chi connectivity index (χ0) is 22.8. The Bertz CT molecular complexity index is 1000. The average Bonchev–Trinajstić information content (AvgIpc) is 2.85. The van der Waals surface area contributed by atoms with Gasteiger partial charge >= 0.3 is 5.97 Å². The maximum atomic E-state index is 13.5. The Morgan fingerprint density at radius 3 is 2.32 bits per heavy atom. The minimum absolute atomic E-state index is 0.0132. The Morgan fingerprint density at radius 1 is 1.06 bits per heavy atom. The van der Waals surface area contributed by atoms with E-state index in [2.05, 4.69) is 11.8 Å². The third kappa shape index (κ3) is 4.90. The van der Waals surface area contributed by atoms with Gasteiger partial charge in [0.1, 0.15) is 5.76 Å². The number of hydrogen-bond donors (Lipinski definition) is 0. The number of aryl methyl sites for hydroxylation is 2. The molecule has 0 bridgehead atoms. The maximum absolute atomic E-state index is 13.5. The molecule has 3 rings (SSSR count). The van der Waals surface area contributed by atoms with Crippen molar-refractivity contribution in [2.45, 2.75) is 66.7 Å². The van der Waals surface area contributed by atoms with Crippen LogP contribution in [-0.4, -0.2) is 35.6 Å². The molecule has 1 saturated heterocycles. The lowest BCUT2D eigenvalue weighted by Crippen LogP contribution is -2.34. The highest BCUT2D eigenvalue weighted by molar-refractivity contribution is 6.23. The minimum atomic E-state index is -0.417. The van der Waals surface area contributed by atoms with Crippen LogP contribution in [-0.2, 0) is 19.1 Å². The molecule has 1 atom stereocenters. The molecule has 1 amide bonds. The predicted molar refractivity (Wildman–Crippen MR) is 120 cm³/mol. The molecule has 1 aliphatic carbocycles. The van der Waals surface area contributed by atoms with Gasteiger partial charge in [-0.15, -0.1) is 5.92 Å². The molecule has 2 aliphatic rings. The Labute approximate surface area is 184 Å². The van der Waals surface area contributed by atoms with Crippen molar-refractivity contribution in [2.75, 3.05) is 13.1 Å². The van der Waals surface area contributed by atoms with E-state index in [0.717, 1.165) is 41.5 Å². The van der Waals surface area contributed by atoms with Gasteiger partial charge in [0.05, 0.1) is 5.57 Å². The summed E-state index contributed by atoms with van der Waals surface area (Å²) in [6, 6.07) is 3.95. The van der Waals surface area contributed by atoms with E-state index in [4.69, 9.17) is 4.74 Å². The number of esters is 1. The second-order valence-corrected chi connectivity index (χ2v) is 8.89. The van der Waals surface area contributed by atoms with Crippen LogP contribution in [0.25, 0.3) is 5.57 Å². The summed E-state index contributed by atoms with van der Waals surface area (Å²) in [4.78, 5) is 39.2. The largest absolute Gasteiger partial charge is 0.430 e. The van der Waals surface area contributed by atoms with E-state index in [0.29, 0.717) is 37.3 Å². The van der Waals surface area contributed by atoms with E-state index in [9.17, 15) is 14.4 Å². The molecule has 5 nitrogen and oxygen atoms in total. The highest BCUT2D eigenvalue weighted by atomic mass is 16.5. The van der Waals surface area contributed by atoms with Crippen molar-refractivity contribution in [2.24, 2.45) is 5.41 Å². The molecule has 1 heterocycles. The normalized spacial score (nSPS) is 21.5. The first-order chi connectivity index (χ1) is 14.7. The van der Waals surface area contributed by atoms with Crippen LogP contribution in [0.3, 0.4) is 0 Å².